The zero-order valence-electron chi connectivity index (χ0n) is 23.9. The lowest BCUT2D eigenvalue weighted by Crippen LogP contribution is -2.46. The number of benzene rings is 1. The molecule has 0 radical (unpaired) electrons. The third-order valence-electron chi connectivity index (χ3n) is 9.65. The summed E-state index contributed by atoms with van der Waals surface area (Å²) in [6.07, 6.45) is 21.0. The maximum atomic E-state index is 13.5. The molecule has 1 aromatic carbocycles. The smallest absolute Gasteiger partial charge is 0.254 e. The average molecular weight is 544 g/mol. The molecule has 8 nitrogen and oxygen atoms in total. The number of carbonyl (C=O) groups excluding carboxylic acids is 1. The molecule has 0 bridgehead atoms. The minimum Gasteiger partial charge on any atom is -0.347 e. The van der Waals surface area contributed by atoms with E-state index in [1.54, 1.807) is 29.7 Å². The third-order valence-corrected chi connectivity index (χ3v) is 9.65. The molecule has 3 aromatic rings. The summed E-state index contributed by atoms with van der Waals surface area (Å²) in [5.74, 6) is 1.50. The van der Waals surface area contributed by atoms with E-state index in [0.29, 0.717) is 24.1 Å². The van der Waals surface area contributed by atoms with Crippen LogP contribution in [0.2, 0.25) is 0 Å². The molecule has 1 saturated carbocycles. The van der Waals surface area contributed by atoms with Crippen molar-refractivity contribution < 1.29 is 4.79 Å². The molecule has 2 aliphatic heterocycles. The summed E-state index contributed by atoms with van der Waals surface area (Å²) >= 11 is 0. The van der Waals surface area contributed by atoms with Crippen molar-refractivity contribution in [2.24, 2.45) is 5.41 Å². The Hall–Kier alpha value is -2.97. The highest BCUT2D eigenvalue weighted by Crippen LogP contribution is 2.42. The van der Waals surface area contributed by atoms with Crippen LogP contribution in [-0.4, -0.2) is 72.8 Å². The van der Waals surface area contributed by atoms with E-state index in [4.69, 9.17) is 0 Å². The zero-order chi connectivity index (χ0) is 27.2. The van der Waals surface area contributed by atoms with Crippen LogP contribution in [0.25, 0.3) is 0 Å². The molecule has 4 heterocycles. The van der Waals surface area contributed by atoms with Crippen LogP contribution in [0.15, 0.2) is 49.1 Å². The van der Waals surface area contributed by atoms with Gasteiger partial charge in [0.05, 0.1) is 13.1 Å². The zero-order valence-corrected chi connectivity index (χ0v) is 23.9. The lowest BCUT2D eigenvalue weighted by molar-refractivity contribution is 0.0655. The van der Waals surface area contributed by atoms with Crippen molar-refractivity contribution in [3.05, 3.63) is 71.8 Å². The Morgan fingerprint density at radius 3 is 2.05 bits per heavy atom. The summed E-state index contributed by atoms with van der Waals surface area (Å²) in [6.45, 7) is 6.76. The van der Waals surface area contributed by atoms with Gasteiger partial charge in [-0.25, -0.2) is 9.97 Å². The number of nitrogens with zero attached hydrogens (tertiary/aromatic N) is 5. The molecule has 2 saturated heterocycles. The summed E-state index contributed by atoms with van der Waals surface area (Å²) in [5.41, 5.74) is 2.48. The average Bonchev–Trinajstić information content (AvgIpc) is 3.73. The third kappa shape index (κ3) is 6.66. The first-order valence-corrected chi connectivity index (χ1v) is 15.5. The lowest BCUT2D eigenvalue weighted by Gasteiger charge is -2.43. The van der Waals surface area contributed by atoms with Gasteiger partial charge in [-0.2, -0.15) is 0 Å². The van der Waals surface area contributed by atoms with Gasteiger partial charge in [-0.05, 0) is 74.8 Å². The standard InChI is InChI=1S/C32H45N7O/c40-31(39(23-29-33-15-16-34-29)24-30-35-17-18-36-30)27-10-8-26(9-11-27)22-37-19-12-32(25-37)13-20-38(21-14-32)28-6-4-2-1-3-5-7-28/h8-11,15-18,28H,1-7,12-14,19-25H2,(H,33,34)(H,35,36). The lowest BCUT2D eigenvalue weighted by atomic mass is 9.77. The second kappa shape index (κ2) is 12.7. The second-order valence-corrected chi connectivity index (χ2v) is 12.4. The highest BCUT2D eigenvalue weighted by atomic mass is 16.2. The maximum Gasteiger partial charge on any atom is 0.254 e. The molecule has 0 atom stereocenters. The SMILES string of the molecule is O=C(c1ccc(CN2CCC3(CCN(C4CCCCCCC4)CC3)C2)cc1)N(Cc1ncc[nH]1)Cc1ncc[nH]1. The number of hydrogen-bond acceptors (Lipinski definition) is 5. The van der Waals surface area contributed by atoms with Gasteiger partial charge in [0.15, 0.2) is 0 Å². The topological polar surface area (TPSA) is 84.2 Å². The predicted octanol–water partition coefficient (Wildman–Crippen LogP) is 5.38. The molecule has 0 unspecified atom stereocenters. The van der Waals surface area contributed by atoms with Gasteiger partial charge in [-0.3, -0.25) is 9.69 Å². The van der Waals surface area contributed by atoms with Gasteiger partial charge >= 0.3 is 0 Å². The fraction of sp³-hybridized carbons (Fsp3) is 0.594. The molecule has 1 amide bonds. The van der Waals surface area contributed by atoms with Gasteiger partial charge in [-0.15, -0.1) is 0 Å². The van der Waals surface area contributed by atoms with E-state index in [9.17, 15) is 4.79 Å². The van der Waals surface area contributed by atoms with Crippen molar-refractivity contribution >= 4 is 5.91 Å². The molecule has 2 N–H and O–H groups in total. The number of aromatic nitrogens is 4. The second-order valence-electron chi connectivity index (χ2n) is 12.4. The molecule has 40 heavy (non-hydrogen) atoms. The minimum atomic E-state index is -0.0180. The highest BCUT2D eigenvalue weighted by molar-refractivity contribution is 5.94. The van der Waals surface area contributed by atoms with Gasteiger partial charge in [-0.1, -0.05) is 44.2 Å². The van der Waals surface area contributed by atoms with Crippen LogP contribution in [0.3, 0.4) is 0 Å². The van der Waals surface area contributed by atoms with E-state index in [2.05, 4.69) is 41.9 Å². The first-order chi connectivity index (χ1) is 19.7. The molecule has 2 aromatic heterocycles. The molecule has 1 spiro atoms. The van der Waals surface area contributed by atoms with Crippen LogP contribution < -0.4 is 0 Å². The maximum absolute atomic E-state index is 13.5. The summed E-state index contributed by atoms with van der Waals surface area (Å²) in [4.78, 5) is 35.6. The quantitative estimate of drug-likeness (QED) is 0.399. The molecule has 8 heteroatoms. The molecule has 1 aliphatic carbocycles. The van der Waals surface area contributed by atoms with E-state index < -0.39 is 0 Å². The normalized spacial score (nSPS) is 20.9. The summed E-state index contributed by atoms with van der Waals surface area (Å²) in [5, 5.41) is 0. The Balaban J connectivity index is 1.02. The summed E-state index contributed by atoms with van der Waals surface area (Å²) < 4.78 is 0. The van der Waals surface area contributed by atoms with E-state index >= 15 is 0 Å². The molecule has 3 aliphatic rings. The van der Waals surface area contributed by atoms with Crippen LogP contribution in [0.1, 0.15) is 91.8 Å². The van der Waals surface area contributed by atoms with Crippen LogP contribution in [0.4, 0.5) is 0 Å². The van der Waals surface area contributed by atoms with Crippen molar-refractivity contribution in [2.75, 3.05) is 26.2 Å². The fourth-order valence-corrected chi connectivity index (χ4v) is 7.26. The number of rotatable bonds is 8. The number of imidazole rings is 2. The Kier molecular flexibility index (Phi) is 8.63. The van der Waals surface area contributed by atoms with E-state index in [-0.39, 0.29) is 5.91 Å². The Bertz CT molecular complexity index is 1140. The molecule has 214 valence electrons. The van der Waals surface area contributed by atoms with Gasteiger partial charge in [0.1, 0.15) is 11.6 Å². The highest BCUT2D eigenvalue weighted by Gasteiger charge is 2.41. The van der Waals surface area contributed by atoms with Crippen molar-refractivity contribution in [1.29, 1.82) is 0 Å². The molecular formula is C32H45N7O. The van der Waals surface area contributed by atoms with Gasteiger partial charge < -0.3 is 19.8 Å². The number of amides is 1. The van der Waals surface area contributed by atoms with Crippen molar-refractivity contribution in [1.82, 2.24) is 34.6 Å². The number of aromatic amines is 2. The van der Waals surface area contributed by atoms with E-state index in [1.807, 2.05) is 12.1 Å². The number of hydrogen-bond donors (Lipinski definition) is 2. The Morgan fingerprint density at radius 2 is 1.45 bits per heavy atom. The minimum absolute atomic E-state index is 0.0180. The molecule has 6 rings (SSSR count). The fourth-order valence-electron chi connectivity index (χ4n) is 7.26. The number of likely N-dealkylation sites (tertiary alicyclic amines) is 2. The Morgan fingerprint density at radius 1 is 0.850 bits per heavy atom. The number of piperidine rings is 1. The van der Waals surface area contributed by atoms with Crippen molar-refractivity contribution in [3.8, 4) is 0 Å². The first kappa shape index (κ1) is 27.2. The number of carbonyl (C=O) groups is 1. The predicted molar refractivity (Wildman–Crippen MR) is 156 cm³/mol. The summed E-state index contributed by atoms with van der Waals surface area (Å²) in [7, 11) is 0. The molecule has 3 fully saturated rings. The van der Waals surface area contributed by atoms with E-state index in [0.717, 1.165) is 24.2 Å². The van der Waals surface area contributed by atoms with Crippen LogP contribution >= 0.6 is 0 Å². The monoisotopic (exact) mass is 543 g/mol. The van der Waals surface area contributed by atoms with Gasteiger partial charge in [0.2, 0.25) is 0 Å². The largest absolute Gasteiger partial charge is 0.347 e. The number of H-pyrrole nitrogens is 2. The Labute approximate surface area is 238 Å². The van der Waals surface area contributed by atoms with Gasteiger partial charge in [0.25, 0.3) is 5.91 Å². The molecular weight excluding hydrogens is 498 g/mol. The van der Waals surface area contributed by atoms with Crippen LogP contribution in [-0.2, 0) is 19.6 Å². The van der Waals surface area contributed by atoms with Crippen molar-refractivity contribution in [2.45, 2.75) is 89.9 Å². The van der Waals surface area contributed by atoms with Gasteiger partial charge in [0, 0.05) is 49.5 Å². The van der Waals surface area contributed by atoms with Crippen molar-refractivity contribution in [3.63, 3.8) is 0 Å². The van der Waals surface area contributed by atoms with E-state index in [1.165, 1.54) is 96.0 Å². The summed E-state index contributed by atoms with van der Waals surface area (Å²) in [6, 6.07) is 9.06. The van der Waals surface area contributed by atoms with Crippen LogP contribution in [0.5, 0.6) is 0 Å². The number of nitrogens with one attached hydrogen (secondary N) is 2. The first-order valence-electron chi connectivity index (χ1n) is 15.5. The van der Waals surface area contributed by atoms with Crippen LogP contribution in [0, 0.1) is 5.41 Å².